The number of halogens is 1. The summed E-state index contributed by atoms with van der Waals surface area (Å²) < 4.78 is 13.0. The minimum atomic E-state index is -0.318. The number of amides is 1. The molecule has 0 aliphatic carbocycles. The van der Waals surface area contributed by atoms with Crippen LogP contribution in [0.4, 0.5) is 0 Å². The number of thioether (sulfide) groups is 1. The molecule has 0 radical (unpaired) electrons. The smallest absolute Gasteiger partial charge is 0.286 e. The Labute approximate surface area is 192 Å². The molecule has 1 amide bonds. The van der Waals surface area contributed by atoms with E-state index in [4.69, 9.17) is 15.2 Å². The molecule has 0 bridgehead atoms. The highest BCUT2D eigenvalue weighted by atomic mass is 127. The summed E-state index contributed by atoms with van der Waals surface area (Å²) in [6.45, 7) is 2.86. The highest BCUT2D eigenvalue weighted by Gasteiger charge is 2.20. The SMILES string of the molecule is CCOc1cc(/C=C2\SC(N)=NC2=O)cc(I)c1OCc1cccc2ccccc12. The molecule has 0 atom stereocenters. The zero-order valence-corrected chi connectivity index (χ0v) is 19.2. The van der Waals surface area contributed by atoms with Crippen LogP contribution in [0.2, 0.25) is 0 Å². The first-order valence-corrected chi connectivity index (χ1v) is 11.3. The Morgan fingerprint density at radius 1 is 1.13 bits per heavy atom. The molecule has 5 nitrogen and oxygen atoms in total. The fraction of sp³-hybridized carbons (Fsp3) is 0.130. The van der Waals surface area contributed by atoms with Gasteiger partial charge in [0.05, 0.1) is 15.1 Å². The number of nitrogens with two attached hydrogens (primary N) is 1. The molecule has 0 aromatic heterocycles. The Morgan fingerprint density at radius 2 is 1.93 bits per heavy atom. The van der Waals surface area contributed by atoms with Crippen molar-refractivity contribution in [1.82, 2.24) is 0 Å². The molecule has 0 fully saturated rings. The van der Waals surface area contributed by atoms with Gasteiger partial charge in [-0.2, -0.15) is 4.99 Å². The van der Waals surface area contributed by atoms with Crippen LogP contribution in [0.3, 0.4) is 0 Å². The van der Waals surface area contributed by atoms with Gasteiger partial charge in [0, 0.05) is 0 Å². The minimum Gasteiger partial charge on any atom is -0.490 e. The molecule has 4 rings (SSSR count). The number of ether oxygens (including phenoxy) is 2. The Bertz CT molecular complexity index is 1190. The summed E-state index contributed by atoms with van der Waals surface area (Å²) in [6.07, 6.45) is 1.77. The van der Waals surface area contributed by atoms with E-state index >= 15 is 0 Å². The maximum Gasteiger partial charge on any atom is 0.286 e. The highest BCUT2D eigenvalue weighted by molar-refractivity contribution is 14.1. The van der Waals surface area contributed by atoms with Gasteiger partial charge in [-0.05, 0) is 81.4 Å². The van der Waals surface area contributed by atoms with Gasteiger partial charge >= 0.3 is 0 Å². The van der Waals surface area contributed by atoms with Crippen LogP contribution in [0.25, 0.3) is 16.8 Å². The van der Waals surface area contributed by atoms with E-state index in [0.717, 1.165) is 14.7 Å². The van der Waals surface area contributed by atoms with Crippen LogP contribution in [-0.2, 0) is 11.4 Å². The zero-order chi connectivity index (χ0) is 21.1. The monoisotopic (exact) mass is 530 g/mol. The summed E-state index contributed by atoms with van der Waals surface area (Å²) in [4.78, 5) is 16.1. The third-order valence-electron chi connectivity index (χ3n) is 4.52. The fourth-order valence-electron chi connectivity index (χ4n) is 3.22. The standard InChI is InChI=1S/C23H19IN2O3S/c1-2-28-19-11-14(12-20-22(27)26-23(25)30-20)10-18(24)21(19)29-13-16-8-5-7-15-6-3-4-9-17(15)16/h3-12H,2,13H2,1H3,(H2,25,26,27)/b20-12-. The second-order valence-electron chi connectivity index (χ2n) is 6.56. The Kier molecular flexibility index (Phi) is 6.29. The van der Waals surface area contributed by atoms with Gasteiger partial charge in [-0.3, -0.25) is 4.79 Å². The quantitative estimate of drug-likeness (QED) is 0.344. The molecule has 2 N–H and O–H groups in total. The van der Waals surface area contributed by atoms with Crippen LogP contribution >= 0.6 is 34.4 Å². The largest absolute Gasteiger partial charge is 0.490 e. The molecule has 3 aromatic rings. The molecule has 1 aliphatic heterocycles. The summed E-state index contributed by atoms with van der Waals surface area (Å²) in [5.41, 5.74) is 7.58. The Morgan fingerprint density at radius 3 is 2.70 bits per heavy atom. The maximum atomic E-state index is 11.9. The molecule has 7 heteroatoms. The third-order valence-corrected chi connectivity index (χ3v) is 6.13. The molecule has 1 aliphatic rings. The summed E-state index contributed by atoms with van der Waals surface area (Å²) in [5, 5.41) is 2.62. The first-order chi connectivity index (χ1) is 14.5. The van der Waals surface area contributed by atoms with Crippen LogP contribution in [0.5, 0.6) is 11.5 Å². The van der Waals surface area contributed by atoms with E-state index in [0.29, 0.717) is 29.6 Å². The predicted molar refractivity (Wildman–Crippen MR) is 131 cm³/mol. The molecule has 3 aromatic carbocycles. The average molecular weight is 530 g/mol. The summed E-state index contributed by atoms with van der Waals surface area (Å²) in [7, 11) is 0. The molecule has 0 saturated carbocycles. The first kappa shape index (κ1) is 20.7. The zero-order valence-electron chi connectivity index (χ0n) is 16.2. The molecule has 0 spiro atoms. The summed E-state index contributed by atoms with van der Waals surface area (Å²) in [6, 6.07) is 18.3. The lowest BCUT2D eigenvalue weighted by Gasteiger charge is -2.16. The van der Waals surface area contributed by atoms with Gasteiger partial charge in [-0.15, -0.1) is 0 Å². The van der Waals surface area contributed by atoms with E-state index < -0.39 is 0 Å². The number of amidine groups is 1. The lowest BCUT2D eigenvalue weighted by molar-refractivity contribution is -0.113. The van der Waals surface area contributed by atoms with Gasteiger partial charge in [0.1, 0.15) is 6.61 Å². The molecular weight excluding hydrogens is 511 g/mol. The number of hydrogen-bond acceptors (Lipinski definition) is 5. The van der Waals surface area contributed by atoms with Crippen molar-refractivity contribution >= 4 is 62.3 Å². The van der Waals surface area contributed by atoms with Crippen molar-refractivity contribution in [2.75, 3.05) is 6.61 Å². The van der Waals surface area contributed by atoms with Gasteiger partial charge in [-0.25, -0.2) is 0 Å². The number of carbonyl (C=O) groups is 1. The van der Waals surface area contributed by atoms with Gasteiger partial charge in [0.2, 0.25) is 0 Å². The van der Waals surface area contributed by atoms with Crippen LogP contribution < -0.4 is 15.2 Å². The lowest BCUT2D eigenvalue weighted by atomic mass is 10.1. The molecule has 30 heavy (non-hydrogen) atoms. The lowest BCUT2D eigenvalue weighted by Crippen LogP contribution is -2.02. The van der Waals surface area contributed by atoms with Gasteiger partial charge in [0.25, 0.3) is 5.91 Å². The van der Waals surface area contributed by atoms with Crippen LogP contribution in [0, 0.1) is 3.57 Å². The number of aliphatic imine (C=N–C) groups is 1. The second kappa shape index (κ2) is 9.09. The molecule has 0 saturated heterocycles. The first-order valence-electron chi connectivity index (χ1n) is 9.39. The molecule has 0 unspecified atom stereocenters. The van der Waals surface area contributed by atoms with E-state index in [1.807, 2.05) is 37.3 Å². The number of nitrogens with zero attached hydrogens (tertiary/aromatic N) is 1. The number of hydrogen-bond donors (Lipinski definition) is 1. The summed E-state index contributed by atoms with van der Waals surface area (Å²) >= 11 is 3.40. The van der Waals surface area contributed by atoms with E-state index in [-0.39, 0.29) is 11.1 Å². The van der Waals surface area contributed by atoms with Crippen molar-refractivity contribution < 1.29 is 14.3 Å². The van der Waals surface area contributed by atoms with Crippen molar-refractivity contribution in [2.45, 2.75) is 13.5 Å². The molecular formula is C23H19IN2O3S. The van der Waals surface area contributed by atoms with E-state index in [9.17, 15) is 4.79 Å². The van der Waals surface area contributed by atoms with Crippen molar-refractivity contribution in [3.05, 3.63) is 74.2 Å². The number of rotatable bonds is 6. The van der Waals surface area contributed by atoms with Crippen molar-refractivity contribution in [2.24, 2.45) is 10.7 Å². The normalized spacial score (nSPS) is 14.9. The molecule has 152 valence electrons. The van der Waals surface area contributed by atoms with Crippen LogP contribution in [0.15, 0.2) is 64.5 Å². The third kappa shape index (κ3) is 4.46. The predicted octanol–water partition coefficient (Wildman–Crippen LogP) is 5.35. The van der Waals surface area contributed by atoms with Crippen molar-refractivity contribution in [1.29, 1.82) is 0 Å². The topological polar surface area (TPSA) is 73.9 Å². The van der Waals surface area contributed by atoms with Crippen LogP contribution in [0.1, 0.15) is 18.1 Å². The van der Waals surface area contributed by atoms with E-state index in [1.165, 1.54) is 22.5 Å². The van der Waals surface area contributed by atoms with Crippen LogP contribution in [-0.4, -0.2) is 17.7 Å². The van der Waals surface area contributed by atoms with Gasteiger partial charge in [0.15, 0.2) is 16.7 Å². The van der Waals surface area contributed by atoms with Gasteiger partial charge < -0.3 is 15.2 Å². The van der Waals surface area contributed by atoms with Gasteiger partial charge in [-0.1, -0.05) is 42.5 Å². The number of benzene rings is 3. The number of carbonyl (C=O) groups excluding carboxylic acids is 1. The van der Waals surface area contributed by atoms with Crippen molar-refractivity contribution in [3.8, 4) is 11.5 Å². The second-order valence-corrected chi connectivity index (χ2v) is 8.78. The van der Waals surface area contributed by atoms with E-state index in [1.54, 1.807) is 6.08 Å². The minimum absolute atomic E-state index is 0.265. The van der Waals surface area contributed by atoms with E-state index in [2.05, 4.69) is 51.8 Å². The fourth-order valence-corrected chi connectivity index (χ4v) is 4.68. The van der Waals surface area contributed by atoms with Crippen molar-refractivity contribution in [3.63, 3.8) is 0 Å². The molecule has 1 heterocycles. The Balaban J connectivity index is 1.63. The maximum absolute atomic E-state index is 11.9. The highest BCUT2D eigenvalue weighted by Crippen LogP contribution is 2.37. The number of fused-ring (bicyclic) bond motifs is 1. The summed E-state index contributed by atoms with van der Waals surface area (Å²) in [5.74, 6) is 1.01. The average Bonchev–Trinajstić information content (AvgIpc) is 3.04. The Hall–Kier alpha value is -2.52.